The number of carbonyl (C=O) groups is 1. The second kappa shape index (κ2) is 10.5. The van der Waals surface area contributed by atoms with Crippen LogP contribution in [0.3, 0.4) is 0 Å². The van der Waals surface area contributed by atoms with E-state index >= 15 is 0 Å². The highest BCUT2D eigenvalue weighted by Gasteiger charge is 2.26. The monoisotopic (exact) mass is 570 g/mol. The van der Waals surface area contributed by atoms with Gasteiger partial charge in [0.2, 0.25) is 5.95 Å². The lowest BCUT2D eigenvalue weighted by atomic mass is 10.0. The van der Waals surface area contributed by atoms with Crippen LogP contribution in [0.5, 0.6) is 0 Å². The normalized spacial score (nSPS) is 13.9. The van der Waals surface area contributed by atoms with E-state index in [4.69, 9.17) is 11.6 Å². The van der Waals surface area contributed by atoms with E-state index in [0.717, 1.165) is 34.3 Å². The van der Waals surface area contributed by atoms with Crippen LogP contribution in [0.25, 0.3) is 17.0 Å². The van der Waals surface area contributed by atoms with Crippen LogP contribution in [0.15, 0.2) is 65.3 Å². The zero-order valence-corrected chi connectivity index (χ0v) is 21.5. The van der Waals surface area contributed by atoms with Crippen molar-refractivity contribution in [2.45, 2.75) is 19.5 Å². The lowest BCUT2D eigenvalue weighted by molar-refractivity contribution is 0.240. The van der Waals surface area contributed by atoms with Crippen molar-refractivity contribution >= 4 is 50.5 Å². The van der Waals surface area contributed by atoms with E-state index in [1.807, 2.05) is 30.4 Å². The lowest BCUT2D eigenvalue weighted by Gasteiger charge is -2.27. The summed E-state index contributed by atoms with van der Waals surface area (Å²) in [4.78, 5) is 19.1. The highest BCUT2D eigenvalue weighted by atomic mass is 79.9. The van der Waals surface area contributed by atoms with E-state index in [1.165, 1.54) is 24.4 Å². The predicted molar refractivity (Wildman–Crippen MR) is 141 cm³/mol. The van der Waals surface area contributed by atoms with Crippen molar-refractivity contribution in [1.82, 2.24) is 19.8 Å². The Hall–Kier alpha value is -3.07. The number of carbonyl (C=O) groups excluding carboxylic acids is 1. The molecule has 1 aliphatic rings. The van der Waals surface area contributed by atoms with Crippen molar-refractivity contribution in [3.05, 3.63) is 104 Å². The van der Waals surface area contributed by atoms with E-state index in [-0.39, 0.29) is 18.4 Å². The second-order valence-electron chi connectivity index (χ2n) is 8.66. The third-order valence-corrected chi connectivity index (χ3v) is 6.88. The first-order chi connectivity index (χ1) is 17.4. The summed E-state index contributed by atoms with van der Waals surface area (Å²) >= 11 is 9.63. The van der Waals surface area contributed by atoms with Gasteiger partial charge in [0.05, 0.1) is 5.52 Å². The number of hydrogen-bond acceptors (Lipinski definition) is 3. The molecule has 0 atom stereocenters. The minimum absolute atomic E-state index is 0.188. The molecule has 0 spiro atoms. The van der Waals surface area contributed by atoms with Gasteiger partial charge in [-0.3, -0.25) is 9.47 Å². The summed E-state index contributed by atoms with van der Waals surface area (Å²) in [6.07, 6.45) is 5.97. The first-order valence-electron chi connectivity index (χ1n) is 11.4. The number of halogens is 4. The molecule has 0 saturated carbocycles. The van der Waals surface area contributed by atoms with Crippen LogP contribution in [-0.4, -0.2) is 33.6 Å². The summed E-state index contributed by atoms with van der Waals surface area (Å²) in [6, 6.07) is 13.0. The third kappa shape index (κ3) is 5.36. The van der Waals surface area contributed by atoms with Crippen LogP contribution in [0.2, 0.25) is 5.02 Å². The SMILES string of the molecule is O=C(NCc1ccnc(F)c1)n1c2c(c3cc(Cl)ccc31)CN(CC=Cc1cc(F)cc(Br)c1)CC2. The first kappa shape index (κ1) is 24.6. The molecule has 9 heteroatoms. The van der Waals surface area contributed by atoms with Gasteiger partial charge in [-0.15, -0.1) is 0 Å². The third-order valence-electron chi connectivity index (χ3n) is 6.19. The highest BCUT2D eigenvalue weighted by molar-refractivity contribution is 9.10. The summed E-state index contributed by atoms with van der Waals surface area (Å²) in [5.74, 6) is -0.872. The zero-order chi connectivity index (χ0) is 25.2. The number of nitrogens with one attached hydrogen (secondary N) is 1. The lowest BCUT2D eigenvalue weighted by Crippen LogP contribution is -2.34. The molecule has 1 aliphatic heterocycles. The van der Waals surface area contributed by atoms with E-state index in [2.05, 4.69) is 31.1 Å². The van der Waals surface area contributed by atoms with Crippen molar-refractivity contribution in [2.24, 2.45) is 0 Å². The molecule has 4 aromatic rings. The van der Waals surface area contributed by atoms with Crippen LogP contribution in [0.1, 0.15) is 22.4 Å². The Kier molecular flexibility index (Phi) is 7.18. The maximum absolute atomic E-state index is 13.7. The molecular weight excluding hydrogens is 550 g/mol. The van der Waals surface area contributed by atoms with Gasteiger partial charge in [-0.25, -0.2) is 14.2 Å². The molecule has 0 radical (unpaired) electrons. The number of aromatic nitrogens is 2. The fourth-order valence-corrected chi connectivity index (χ4v) is 5.25. The summed E-state index contributed by atoms with van der Waals surface area (Å²) in [5, 5.41) is 4.43. The fourth-order valence-electron chi connectivity index (χ4n) is 4.59. The van der Waals surface area contributed by atoms with Crippen LogP contribution in [-0.2, 0) is 19.5 Å². The molecule has 36 heavy (non-hydrogen) atoms. The van der Waals surface area contributed by atoms with Gasteiger partial charge in [-0.05, 0) is 65.2 Å². The molecular formula is C27H22BrClF2N4O. The number of pyridine rings is 1. The quantitative estimate of drug-likeness (QED) is 0.276. The van der Waals surface area contributed by atoms with Crippen LogP contribution < -0.4 is 5.32 Å². The maximum Gasteiger partial charge on any atom is 0.326 e. The number of amides is 1. The molecule has 5 nitrogen and oxygen atoms in total. The molecule has 1 N–H and O–H groups in total. The van der Waals surface area contributed by atoms with Crippen molar-refractivity contribution in [2.75, 3.05) is 13.1 Å². The van der Waals surface area contributed by atoms with Gasteiger partial charge in [-0.2, -0.15) is 4.39 Å². The number of rotatable bonds is 5. The average molecular weight is 572 g/mol. The molecule has 2 aromatic heterocycles. The van der Waals surface area contributed by atoms with Crippen molar-refractivity contribution < 1.29 is 13.6 Å². The van der Waals surface area contributed by atoms with Gasteiger partial charge in [-0.1, -0.05) is 39.7 Å². The summed E-state index contributed by atoms with van der Waals surface area (Å²) < 4.78 is 29.5. The number of benzene rings is 2. The van der Waals surface area contributed by atoms with Crippen molar-refractivity contribution in [3.63, 3.8) is 0 Å². The topological polar surface area (TPSA) is 50.2 Å². The largest absolute Gasteiger partial charge is 0.333 e. The molecule has 0 saturated heterocycles. The Labute approximate surface area is 220 Å². The number of hydrogen-bond donors (Lipinski definition) is 1. The zero-order valence-electron chi connectivity index (χ0n) is 19.1. The maximum atomic E-state index is 13.7. The van der Waals surface area contributed by atoms with Gasteiger partial charge < -0.3 is 5.32 Å². The first-order valence-corrected chi connectivity index (χ1v) is 12.6. The number of nitrogens with zero attached hydrogens (tertiary/aromatic N) is 3. The van der Waals surface area contributed by atoms with Crippen LogP contribution >= 0.6 is 27.5 Å². The van der Waals surface area contributed by atoms with E-state index in [0.29, 0.717) is 34.6 Å². The average Bonchev–Trinajstić information content (AvgIpc) is 3.15. The van der Waals surface area contributed by atoms with Gasteiger partial charge in [0, 0.05) is 59.4 Å². The fraction of sp³-hybridized carbons (Fsp3) is 0.185. The molecule has 0 unspecified atom stereocenters. The Bertz CT molecular complexity index is 1470. The molecule has 0 fully saturated rings. The van der Waals surface area contributed by atoms with Gasteiger partial charge in [0.25, 0.3) is 0 Å². The Morgan fingerprint density at radius 2 is 2.03 bits per heavy atom. The minimum Gasteiger partial charge on any atom is -0.333 e. The highest BCUT2D eigenvalue weighted by Crippen LogP contribution is 2.32. The molecule has 0 bridgehead atoms. The van der Waals surface area contributed by atoms with Crippen LogP contribution in [0, 0.1) is 11.8 Å². The molecule has 3 heterocycles. The smallest absolute Gasteiger partial charge is 0.326 e. The Morgan fingerprint density at radius 3 is 2.83 bits per heavy atom. The minimum atomic E-state index is -0.584. The predicted octanol–water partition coefficient (Wildman–Crippen LogP) is 6.56. The van der Waals surface area contributed by atoms with Gasteiger partial charge in [0.15, 0.2) is 0 Å². The summed E-state index contributed by atoms with van der Waals surface area (Å²) in [5.41, 5.74) is 4.21. The standard InChI is InChI=1S/C27H22BrClF2N4O/c28-19-10-17(11-21(30)13-19)2-1-8-34-9-6-25-23(16-34)22-14-20(29)3-4-24(22)35(25)27(36)33-15-18-5-7-32-26(31)12-18/h1-5,7,10-14H,6,8-9,15-16H2,(H,33,36). The van der Waals surface area contributed by atoms with E-state index < -0.39 is 5.95 Å². The molecule has 1 amide bonds. The molecule has 5 rings (SSSR count). The molecule has 0 aliphatic carbocycles. The summed E-state index contributed by atoms with van der Waals surface area (Å²) in [6.45, 7) is 2.28. The van der Waals surface area contributed by atoms with Gasteiger partial charge in [0.1, 0.15) is 5.82 Å². The Balaban J connectivity index is 1.37. The van der Waals surface area contributed by atoms with E-state index in [9.17, 15) is 13.6 Å². The molecule has 2 aromatic carbocycles. The van der Waals surface area contributed by atoms with Crippen molar-refractivity contribution in [1.29, 1.82) is 0 Å². The molecule has 184 valence electrons. The Morgan fingerprint density at radius 1 is 1.17 bits per heavy atom. The summed E-state index contributed by atoms with van der Waals surface area (Å²) in [7, 11) is 0. The van der Waals surface area contributed by atoms with Crippen molar-refractivity contribution in [3.8, 4) is 0 Å². The van der Waals surface area contributed by atoms with Crippen LogP contribution in [0.4, 0.5) is 13.6 Å². The van der Waals surface area contributed by atoms with E-state index in [1.54, 1.807) is 16.7 Å². The van der Waals surface area contributed by atoms with Gasteiger partial charge >= 0.3 is 6.03 Å². The number of fused-ring (bicyclic) bond motifs is 3. The second-order valence-corrected chi connectivity index (χ2v) is 10.0.